The number of carbonyl (C=O) groups is 1. The number of amides is 1. The second kappa shape index (κ2) is 29.1. The van der Waals surface area contributed by atoms with Gasteiger partial charge in [0.15, 0.2) is 0 Å². The van der Waals surface area contributed by atoms with E-state index < -0.39 is 0 Å². The van der Waals surface area contributed by atoms with E-state index in [-0.39, 0.29) is 5.91 Å². The van der Waals surface area contributed by atoms with Gasteiger partial charge in [0.1, 0.15) is 0 Å². The number of nitrogens with one attached hydrogen (secondary N) is 1. The molecule has 0 radical (unpaired) electrons. The third-order valence-corrected chi connectivity index (χ3v) is 7.35. The molecule has 0 aromatic heterocycles. The fourth-order valence-electron chi connectivity index (χ4n) is 4.68. The lowest BCUT2D eigenvalue weighted by atomic mass is 10.0. The second-order valence-corrected chi connectivity index (χ2v) is 11.6. The number of hydrogen-bond donors (Lipinski definition) is 3. The SMILES string of the molecule is O=C(CCCCCCCCCCCCCCCCCCCCCCCCCCCC(=S)S)NO. The van der Waals surface area contributed by atoms with Crippen LogP contribution in [0.25, 0.3) is 0 Å². The van der Waals surface area contributed by atoms with Gasteiger partial charge in [-0.15, -0.1) is 12.6 Å². The van der Waals surface area contributed by atoms with Gasteiger partial charge < -0.3 is 0 Å². The first kappa shape index (κ1) is 33.9. The summed E-state index contributed by atoms with van der Waals surface area (Å²) in [5.41, 5.74) is 1.69. The summed E-state index contributed by atoms with van der Waals surface area (Å²) in [6, 6.07) is 0. The molecule has 0 heterocycles. The van der Waals surface area contributed by atoms with E-state index in [2.05, 4.69) is 12.6 Å². The summed E-state index contributed by atoms with van der Waals surface area (Å²) >= 11 is 9.18. The van der Waals surface area contributed by atoms with Gasteiger partial charge in [-0.05, 0) is 19.3 Å². The number of thiol groups is 1. The monoisotopic (exact) mass is 515 g/mol. The number of hydroxylamine groups is 1. The van der Waals surface area contributed by atoms with Crippen LogP contribution in [0.1, 0.15) is 173 Å². The summed E-state index contributed by atoms with van der Waals surface area (Å²) < 4.78 is 0.868. The fourth-order valence-corrected chi connectivity index (χ4v) is 4.99. The minimum absolute atomic E-state index is 0.259. The van der Waals surface area contributed by atoms with Gasteiger partial charge in [0.2, 0.25) is 5.91 Å². The van der Waals surface area contributed by atoms with E-state index in [1.807, 2.05) is 0 Å². The number of carbonyl (C=O) groups excluding carboxylic acids is 1. The zero-order valence-corrected chi connectivity index (χ0v) is 24.0. The van der Waals surface area contributed by atoms with Crippen molar-refractivity contribution in [1.82, 2.24) is 5.48 Å². The van der Waals surface area contributed by atoms with Crippen LogP contribution in [0.15, 0.2) is 0 Å². The van der Waals surface area contributed by atoms with E-state index in [0.29, 0.717) is 6.42 Å². The molecule has 0 fully saturated rings. The number of rotatable bonds is 28. The zero-order chi connectivity index (χ0) is 25.0. The van der Waals surface area contributed by atoms with Crippen LogP contribution in [0.2, 0.25) is 0 Å². The predicted octanol–water partition coefficient (Wildman–Crippen LogP) is 10.3. The topological polar surface area (TPSA) is 49.3 Å². The number of thiocarbonyl (C=S) groups is 1. The van der Waals surface area contributed by atoms with E-state index in [1.54, 1.807) is 5.48 Å². The van der Waals surface area contributed by atoms with Crippen molar-refractivity contribution in [3.63, 3.8) is 0 Å². The van der Waals surface area contributed by atoms with Gasteiger partial charge in [-0.25, -0.2) is 5.48 Å². The van der Waals surface area contributed by atoms with Gasteiger partial charge in [0.05, 0.1) is 0 Å². The molecule has 0 aliphatic rings. The molecule has 0 rings (SSSR count). The molecule has 34 heavy (non-hydrogen) atoms. The molecule has 5 heteroatoms. The van der Waals surface area contributed by atoms with Crippen molar-refractivity contribution in [2.24, 2.45) is 0 Å². The Morgan fingerprint density at radius 2 is 0.676 bits per heavy atom. The lowest BCUT2D eigenvalue weighted by Gasteiger charge is -2.04. The van der Waals surface area contributed by atoms with Crippen LogP contribution < -0.4 is 5.48 Å². The quantitative estimate of drug-likeness (QED) is 0.0319. The third-order valence-electron chi connectivity index (χ3n) is 6.92. The maximum absolute atomic E-state index is 10.9. The first-order chi connectivity index (χ1) is 16.7. The molecule has 0 saturated carbocycles. The maximum Gasteiger partial charge on any atom is 0.243 e. The van der Waals surface area contributed by atoms with Crippen LogP contribution in [0.5, 0.6) is 0 Å². The fraction of sp³-hybridized carbons (Fsp3) is 0.931. The Morgan fingerprint density at radius 1 is 0.471 bits per heavy atom. The predicted molar refractivity (Wildman–Crippen MR) is 156 cm³/mol. The van der Waals surface area contributed by atoms with Crippen LogP contribution in [-0.4, -0.2) is 15.3 Å². The molecule has 0 spiro atoms. The third kappa shape index (κ3) is 29.9. The first-order valence-electron chi connectivity index (χ1n) is 14.8. The van der Waals surface area contributed by atoms with Crippen LogP contribution >= 0.6 is 24.8 Å². The molecule has 0 aliphatic carbocycles. The van der Waals surface area contributed by atoms with Crippen molar-refractivity contribution >= 4 is 35.0 Å². The number of unbranched alkanes of at least 4 members (excludes halogenated alkanes) is 24. The highest BCUT2D eigenvalue weighted by Crippen LogP contribution is 2.16. The van der Waals surface area contributed by atoms with Crippen LogP contribution in [0, 0.1) is 0 Å². The highest BCUT2D eigenvalue weighted by atomic mass is 32.1. The maximum atomic E-state index is 10.9. The molecular formula is C29H57NO2S2. The summed E-state index contributed by atoms with van der Waals surface area (Å²) in [7, 11) is 0. The first-order valence-corrected chi connectivity index (χ1v) is 15.7. The Balaban J connectivity index is 3.04. The minimum atomic E-state index is -0.259. The van der Waals surface area contributed by atoms with Crippen LogP contribution in [-0.2, 0) is 4.79 Å². The zero-order valence-electron chi connectivity index (χ0n) is 22.3. The highest BCUT2D eigenvalue weighted by molar-refractivity contribution is 8.11. The second-order valence-electron chi connectivity index (χ2n) is 10.3. The number of hydrogen-bond acceptors (Lipinski definition) is 3. The molecule has 0 atom stereocenters. The molecule has 0 aliphatic heterocycles. The summed E-state index contributed by atoms with van der Waals surface area (Å²) in [6.07, 6.45) is 35.4. The Kier molecular flexibility index (Phi) is 29.0. The van der Waals surface area contributed by atoms with E-state index >= 15 is 0 Å². The molecule has 3 nitrogen and oxygen atoms in total. The molecule has 0 unspecified atom stereocenters. The van der Waals surface area contributed by atoms with Crippen molar-refractivity contribution in [2.45, 2.75) is 173 Å². The van der Waals surface area contributed by atoms with Crippen LogP contribution in [0.3, 0.4) is 0 Å². The van der Waals surface area contributed by atoms with Gasteiger partial charge in [-0.3, -0.25) is 10.0 Å². The van der Waals surface area contributed by atoms with Crippen molar-refractivity contribution in [3.05, 3.63) is 0 Å². The Morgan fingerprint density at radius 3 is 0.882 bits per heavy atom. The largest absolute Gasteiger partial charge is 0.289 e. The normalized spacial score (nSPS) is 11.1. The lowest BCUT2D eigenvalue weighted by Crippen LogP contribution is -2.17. The summed E-state index contributed by atoms with van der Waals surface area (Å²) in [5.74, 6) is -0.259. The molecular weight excluding hydrogens is 458 g/mol. The van der Waals surface area contributed by atoms with Gasteiger partial charge in [0.25, 0.3) is 0 Å². The van der Waals surface area contributed by atoms with E-state index in [0.717, 1.165) is 23.5 Å². The average molecular weight is 516 g/mol. The van der Waals surface area contributed by atoms with E-state index in [4.69, 9.17) is 17.4 Å². The molecule has 0 saturated heterocycles. The molecule has 1 amide bonds. The van der Waals surface area contributed by atoms with Crippen molar-refractivity contribution < 1.29 is 10.0 Å². The van der Waals surface area contributed by atoms with Crippen LogP contribution in [0.4, 0.5) is 0 Å². The standard InChI is InChI=1S/C29H57NO2S2/c31-28(30-32)26-24-22-20-18-16-14-12-10-8-6-4-2-1-3-5-7-9-11-13-15-17-19-21-23-25-27-29(33)34/h32H,1-27H2,(H,30,31)(H,33,34). The Labute approximate surface area is 223 Å². The van der Waals surface area contributed by atoms with E-state index in [9.17, 15) is 4.79 Å². The molecule has 0 aromatic rings. The van der Waals surface area contributed by atoms with Gasteiger partial charge in [-0.2, -0.15) is 0 Å². The molecule has 0 bridgehead atoms. The van der Waals surface area contributed by atoms with Crippen molar-refractivity contribution in [3.8, 4) is 0 Å². The minimum Gasteiger partial charge on any atom is -0.289 e. The van der Waals surface area contributed by atoms with Gasteiger partial charge >= 0.3 is 0 Å². The van der Waals surface area contributed by atoms with Gasteiger partial charge in [-0.1, -0.05) is 160 Å². The summed E-state index contributed by atoms with van der Waals surface area (Å²) in [5, 5.41) is 8.43. The summed E-state index contributed by atoms with van der Waals surface area (Å²) in [6.45, 7) is 0. The molecule has 2 N–H and O–H groups in total. The Bertz CT molecular complexity index is 446. The van der Waals surface area contributed by atoms with Crippen molar-refractivity contribution in [2.75, 3.05) is 0 Å². The molecule has 0 aromatic carbocycles. The van der Waals surface area contributed by atoms with E-state index in [1.165, 1.54) is 148 Å². The van der Waals surface area contributed by atoms with Crippen molar-refractivity contribution in [1.29, 1.82) is 0 Å². The summed E-state index contributed by atoms with van der Waals surface area (Å²) in [4.78, 5) is 10.9. The molecule has 202 valence electrons. The van der Waals surface area contributed by atoms with Gasteiger partial charge in [0, 0.05) is 10.6 Å². The average Bonchev–Trinajstić information content (AvgIpc) is 2.83. The lowest BCUT2D eigenvalue weighted by molar-refractivity contribution is -0.129. The smallest absolute Gasteiger partial charge is 0.243 e. The Hall–Kier alpha value is -0.130. The highest BCUT2D eigenvalue weighted by Gasteiger charge is 1.99.